The van der Waals surface area contributed by atoms with E-state index in [0.29, 0.717) is 11.0 Å². The maximum absolute atomic E-state index is 12.6. The lowest BCUT2D eigenvalue weighted by atomic mass is 10.3. The SMILES string of the molecule is O=c1[nH]c(Sc2ccc(C(F)(F)F)cn2)nc2c1cnn2-c1ccccc1. The number of aromatic amines is 1. The molecule has 4 rings (SSSR count). The highest BCUT2D eigenvalue weighted by Crippen LogP contribution is 2.30. The number of pyridine rings is 1. The van der Waals surface area contributed by atoms with Gasteiger partial charge >= 0.3 is 6.18 Å². The summed E-state index contributed by atoms with van der Waals surface area (Å²) in [6, 6.07) is 11.3. The van der Waals surface area contributed by atoms with Gasteiger partial charge in [-0.3, -0.25) is 4.79 Å². The van der Waals surface area contributed by atoms with Crippen molar-refractivity contribution in [3.63, 3.8) is 0 Å². The van der Waals surface area contributed by atoms with Crippen LogP contribution in [-0.2, 0) is 6.18 Å². The minimum absolute atomic E-state index is 0.206. The number of halogens is 3. The molecule has 0 bridgehead atoms. The van der Waals surface area contributed by atoms with E-state index < -0.39 is 17.3 Å². The number of hydrogen-bond acceptors (Lipinski definition) is 5. The van der Waals surface area contributed by atoms with Gasteiger partial charge in [-0.15, -0.1) is 0 Å². The Morgan fingerprint density at radius 2 is 1.81 bits per heavy atom. The van der Waals surface area contributed by atoms with E-state index in [1.807, 2.05) is 30.3 Å². The van der Waals surface area contributed by atoms with E-state index in [4.69, 9.17) is 0 Å². The summed E-state index contributed by atoms with van der Waals surface area (Å²) in [5, 5.41) is 4.99. The van der Waals surface area contributed by atoms with Crippen LogP contribution in [0.5, 0.6) is 0 Å². The fourth-order valence-electron chi connectivity index (χ4n) is 2.41. The highest BCUT2D eigenvalue weighted by molar-refractivity contribution is 7.99. The molecule has 1 N–H and O–H groups in total. The first-order chi connectivity index (χ1) is 12.9. The topological polar surface area (TPSA) is 76.5 Å². The molecule has 0 saturated heterocycles. The monoisotopic (exact) mass is 389 g/mol. The molecule has 0 fully saturated rings. The third kappa shape index (κ3) is 3.43. The Kier molecular flexibility index (Phi) is 4.19. The first kappa shape index (κ1) is 17.3. The molecule has 0 saturated carbocycles. The first-order valence-corrected chi connectivity index (χ1v) is 8.48. The lowest BCUT2D eigenvalue weighted by Gasteiger charge is -2.07. The molecular weight excluding hydrogens is 379 g/mol. The Morgan fingerprint density at radius 3 is 2.48 bits per heavy atom. The summed E-state index contributed by atoms with van der Waals surface area (Å²) in [4.78, 5) is 23.0. The molecule has 27 heavy (non-hydrogen) atoms. The van der Waals surface area contributed by atoms with Crippen LogP contribution in [0.4, 0.5) is 13.2 Å². The summed E-state index contributed by atoms with van der Waals surface area (Å²) in [6.07, 6.45) is -2.30. The fourth-order valence-corrected chi connectivity index (χ4v) is 3.13. The number of para-hydroxylation sites is 1. The highest BCUT2D eigenvalue weighted by atomic mass is 32.2. The van der Waals surface area contributed by atoms with E-state index in [1.54, 1.807) is 0 Å². The number of nitrogens with zero attached hydrogens (tertiary/aromatic N) is 4. The van der Waals surface area contributed by atoms with Gasteiger partial charge in [-0.25, -0.2) is 14.6 Å². The third-order valence-corrected chi connectivity index (χ3v) is 4.52. The smallest absolute Gasteiger partial charge is 0.300 e. The number of aromatic nitrogens is 5. The van der Waals surface area contributed by atoms with Crippen LogP contribution in [-0.4, -0.2) is 24.7 Å². The Labute approximate surface area is 154 Å². The number of H-pyrrole nitrogens is 1. The number of nitrogens with one attached hydrogen (secondary N) is 1. The Hall–Kier alpha value is -3.14. The fraction of sp³-hybridized carbons (Fsp3) is 0.0588. The Balaban J connectivity index is 1.72. The predicted molar refractivity (Wildman–Crippen MR) is 92.8 cm³/mol. The van der Waals surface area contributed by atoms with Gasteiger partial charge in [0.05, 0.1) is 17.4 Å². The first-order valence-electron chi connectivity index (χ1n) is 7.66. The number of rotatable bonds is 3. The molecular formula is C17H10F3N5OS. The normalized spacial score (nSPS) is 11.8. The molecule has 0 aliphatic heterocycles. The van der Waals surface area contributed by atoms with E-state index in [2.05, 4.69) is 20.1 Å². The zero-order chi connectivity index (χ0) is 19.0. The minimum atomic E-state index is -4.45. The van der Waals surface area contributed by atoms with Gasteiger partial charge < -0.3 is 4.98 Å². The van der Waals surface area contributed by atoms with Crippen molar-refractivity contribution in [2.24, 2.45) is 0 Å². The van der Waals surface area contributed by atoms with Gasteiger partial charge in [0.1, 0.15) is 10.4 Å². The molecule has 0 aliphatic carbocycles. The molecule has 0 spiro atoms. The molecule has 1 aromatic carbocycles. The molecule has 3 aromatic heterocycles. The number of hydrogen-bond donors (Lipinski definition) is 1. The summed E-state index contributed by atoms with van der Waals surface area (Å²) in [5.41, 5.74) is -0.156. The van der Waals surface area contributed by atoms with Crippen LogP contribution in [0.2, 0.25) is 0 Å². The zero-order valence-electron chi connectivity index (χ0n) is 13.4. The van der Waals surface area contributed by atoms with Crippen LogP contribution in [0.15, 0.2) is 69.8 Å². The van der Waals surface area contributed by atoms with Crippen molar-refractivity contribution in [2.45, 2.75) is 16.4 Å². The molecule has 3 heterocycles. The van der Waals surface area contributed by atoms with Gasteiger partial charge in [-0.1, -0.05) is 18.2 Å². The second-order valence-corrected chi connectivity index (χ2v) is 6.49. The molecule has 0 atom stereocenters. The largest absolute Gasteiger partial charge is 0.417 e. The van der Waals surface area contributed by atoms with Crippen molar-refractivity contribution >= 4 is 22.8 Å². The third-order valence-electron chi connectivity index (χ3n) is 3.68. The Morgan fingerprint density at radius 1 is 1.04 bits per heavy atom. The molecule has 6 nitrogen and oxygen atoms in total. The molecule has 136 valence electrons. The quantitative estimate of drug-likeness (QED) is 0.541. The van der Waals surface area contributed by atoms with E-state index >= 15 is 0 Å². The van der Waals surface area contributed by atoms with Gasteiger partial charge in [0.15, 0.2) is 10.8 Å². The second kappa shape index (κ2) is 6.54. The average molecular weight is 389 g/mol. The number of benzene rings is 1. The van der Waals surface area contributed by atoms with Crippen LogP contribution < -0.4 is 5.56 Å². The van der Waals surface area contributed by atoms with Crippen LogP contribution in [0, 0.1) is 0 Å². The van der Waals surface area contributed by atoms with E-state index in [9.17, 15) is 18.0 Å². The van der Waals surface area contributed by atoms with Crippen LogP contribution >= 0.6 is 11.8 Å². The van der Waals surface area contributed by atoms with Crippen molar-refractivity contribution in [3.05, 3.63) is 70.8 Å². The van der Waals surface area contributed by atoms with Gasteiger partial charge in [-0.05, 0) is 36.0 Å². The molecule has 0 unspecified atom stereocenters. The van der Waals surface area contributed by atoms with Crippen molar-refractivity contribution in [3.8, 4) is 5.69 Å². The summed E-state index contributed by atoms with van der Waals surface area (Å²) < 4.78 is 39.4. The minimum Gasteiger partial charge on any atom is -0.300 e. The lowest BCUT2D eigenvalue weighted by Crippen LogP contribution is -2.10. The van der Waals surface area contributed by atoms with Crippen LogP contribution in [0.3, 0.4) is 0 Å². The van der Waals surface area contributed by atoms with Gasteiger partial charge in [0.2, 0.25) is 0 Å². The molecule has 0 radical (unpaired) electrons. The second-order valence-electron chi connectivity index (χ2n) is 5.49. The van der Waals surface area contributed by atoms with Gasteiger partial charge in [-0.2, -0.15) is 18.3 Å². The average Bonchev–Trinajstić information content (AvgIpc) is 3.07. The summed E-state index contributed by atoms with van der Waals surface area (Å²) in [5.74, 6) is 0. The molecule has 10 heteroatoms. The summed E-state index contributed by atoms with van der Waals surface area (Å²) in [6.45, 7) is 0. The molecule has 0 aliphatic rings. The Bertz CT molecular complexity index is 1150. The molecule has 4 aromatic rings. The van der Waals surface area contributed by atoms with Crippen molar-refractivity contribution in [1.29, 1.82) is 0 Å². The standard InChI is InChI=1S/C17H10F3N5OS/c18-17(19,20)10-6-7-13(21-8-10)27-16-23-14-12(15(26)24-16)9-22-25(14)11-4-2-1-3-5-11/h1-9H,(H,23,24,26). The number of fused-ring (bicyclic) bond motifs is 1. The van der Waals surface area contributed by atoms with Crippen molar-refractivity contribution in [2.75, 3.05) is 0 Å². The van der Waals surface area contributed by atoms with E-state index in [1.165, 1.54) is 16.9 Å². The number of alkyl halides is 3. The highest BCUT2D eigenvalue weighted by Gasteiger charge is 2.30. The van der Waals surface area contributed by atoms with Gasteiger partial charge in [0.25, 0.3) is 5.56 Å². The molecule has 0 amide bonds. The maximum Gasteiger partial charge on any atom is 0.417 e. The van der Waals surface area contributed by atoms with Crippen LogP contribution in [0.1, 0.15) is 5.56 Å². The van der Waals surface area contributed by atoms with E-state index in [0.717, 1.165) is 29.7 Å². The summed E-state index contributed by atoms with van der Waals surface area (Å²) in [7, 11) is 0. The zero-order valence-corrected chi connectivity index (χ0v) is 14.3. The maximum atomic E-state index is 12.6. The van der Waals surface area contributed by atoms with Crippen molar-refractivity contribution < 1.29 is 13.2 Å². The van der Waals surface area contributed by atoms with Crippen LogP contribution in [0.25, 0.3) is 16.7 Å². The van der Waals surface area contributed by atoms with Gasteiger partial charge in [0, 0.05) is 6.20 Å². The summed E-state index contributed by atoms with van der Waals surface area (Å²) >= 11 is 0.957. The lowest BCUT2D eigenvalue weighted by molar-refractivity contribution is -0.137. The predicted octanol–water partition coefficient (Wildman–Crippen LogP) is 3.67. The van der Waals surface area contributed by atoms with Crippen molar-refractivity contribution in [1.82, 2.24) is 24.7 Å². The van der Waals surface area contributed by atoms with E-state index in [-0.39, 0.29) is 10.2 Å².